The van der Waals surface area contributed by atoms with Crippen LogP contribution in [0.3, 0.4) is 0 Å². The molecule has 0 radical (unpaired) electrons. The molecule has 0 spiro atoms. The van der Waals surface area contributed by atoms with Crippen molar-refractivity contribution in [1.29, 1.82) is 0 Å². The van der Waals surface area contributed by atoms with E-state index in [1.54, 1.807) is 37.4 Å². The van der Waals surface area contributed by atoms with E-state index in [-0.39, 0.29) is 11.8 Å². The molecule has 5 heteroatoms. The van der Waals surface area contributed by atoms with Crippen molar-refractivity contribution in [3.63, 3.8) is 0 Å². The number of anilines is 1. The maximum Gasteiger partial charge on any atom is 0.256 e. The van der Waals surface area contributed by atoms with E-state index < -0.39 is 0 Å². The van der Waals surface area contributed by atoms with E-state index in [0.29, 0.717) is 16.8 Å². The molecule has 2 amide bonds. The maximum atomic E-state index is 13.1. The van der Waals surface area contributed by atoms with Gasteiger partial charge in [-0.25, -0.2) is 4.98 Å². The van der Waals surface area contributed by atoms with Gasteiger partial charge in [0.2, 0.25) is 0 Å². The summed E-state index contributed by atoms with van der Waals surface area (Å²) in [6, 6.07) is 26.0. The topological polar surface area (TPSA) is 71.1 Å². The van der Waals surface area contributed by atoms with E-state index in [2.05, 4.69) is 10.6 Å². The van der Waals surface area contributed by atoms with Gasteiger partial charge in [-0.15, -0.1) is 0 Å². The lowest BCUT2D eigenvalue weighted by atomic mass is 10.0. The maximum absolute atomic E-state index is 13.1. The summed E-state index contributed by atoms with van der Waals surface area (Å²) in [4.78, 5) is 29.7. The van der Waals surface area contributed by atoms with Crippen molar-refractivity contribution in [2.24, 2.45) is 0 Å². The third-order valence-corrected chi connectivity index (χ3v) is 4.64. The number of pyridine rings is 1. The third kappa shape index (κ3) is 3.84. The minimum atomic E-state index is -0.255. The Labute approximate surface area is 168 Å². The van der Waals surface area contributed by atoms with Crippen molar-refractivity contribution < 1.29 is 9.59 Å². The molecule has 0 aliphatic carbocycles. The largest absolute Gasteiger partial charge is 0.355 e. The van der Waals surface area contributed by atoms with E-state index in [0.717, 1.165) is 22.2 Å². The highest BCUT2D eigenvalue weighted by atomic mass is 16.2. The number of fused-ring (bicyclic) bond motifs is 1. The lowest BCUT2D eigenvalue weighted by Gasteiger charge is -2.11. The first-order valence-electron chi connectivity index (χ1n) is 9.24. The molecule has 0 unspecified atom stereocenters. The number of benzene rings is 3. The fourth-order valence-corrected chi connectivity index (χ4v) is 3.20. The van der Waals surface area contributed by atoms with Gasteiger partial charge in [-0.2, -0.15) is 0 Å². The predicted molar refractivity (Wildman–Crippen MR) is 115 cm³/mol. The Hall–Kier alpha value is -3.99. The van der Waals surface area contributed by atoms with Crippen LogP contribution in [-0.4, -0.2) is 23.8 Å². The lowest BCUT2D eigenvalue weighted by molar-refractivity contribution is 0.0961. The van der Waals surface area contributed by atoms with Gasteiger partial charge in [0.25, 0.3) is 11.8 Å². The second kappa shape index (κ2) is 7.94. The van der Waals surface area contributed by atoms with Gasteiger partial charge in [-0.3, -0.25) is 9.59 Å². The van der Waals surface area contributed by atoms with Crippen LogP contribution in [0.15, 0.2) is 84.9 Å². The molecule has 0 atom stereocenters. The van der Waals surface area contributed by atoms with Crippen LogP contribution in [0.2, 0.25) is 0 Å². The zero-order chi connectivity index (χ0) is 20.2. The van der Waals surface area contributed by atoms with E-state index in [1.807, 2.05) is 54.6 Å². The summed E-state index contributed by atoms with van der Waals surface area (Å²) in [6.45, 7) is 0. The summed E-state index contributed by atoms with van der Waals surface area (Å²) in [7, 11) is 1.57. The highest BCUT2D eigenvalue weighted by Gasteiger charge is 2.15. The van der Waals surface area contributed by atoms with Crippen LogP contribution in [0, 0.1) is 0 Å². The van der Waals surface area contributed by atoms with Gasteiger partial charge in [-0.05, 0) is 30.3 Å². The first kappa shape index (κ1) is 18.4. The van der Waals surface area contributed by atoms with Crippen LogP contribution in [0.4, 0.5) is 5.69 Å². The van der Waals surface area contributed by atoms with Crippen molar-refractivity contribution >= 4 is 28.4 Å². The highest BCUT2D eigenvalue weighted by Crippen LogP contribution is 2.25. The van der Waals surface area contributed by atoms with E-state index in [4.69, 9.17) is 4.98 Å². The molecule has 29 heavy (non-hydrogen) atoms. The number of amides is 2. The van der Waals surface area contributed by atoms with Gasteiger partial charge < -0.3 is 10.6 Å². The van der Waals surface area contributed by atoms with Gasteiger partial charge in [0.05, 0.1) is 16.8 Å². The standard InChI is InChI=1S/C24H19N3O2/c1-25-23(28)17-10-7-11-18(14-17)26-24(29)20-15-22(16-8-3-2-4-9-16)27-21-13-6-5-12-19(20)21/h2-15H,1H3,(H,25,28)(H,26,29). The first-order chi connectivity index (χ1) is 14.2. The average molecular weight is 381 g/mol. The number of hydrogen-bond acceptors (Lipinski definition) is 3. The van der Waals surface area contributed by atoms with Gasteiger partial charge in [-0.1, -0.05) is 54.6 Å². The lowest BCUT2D eigenvalue weighted by Crippen LogP contribution is -2.18. The normalized spacial score (nSPS) is 10.5. The van der Waals surface area contributed by atoms with Gasteiger partial charge in [0.15, 0.2) is 0 Å². The fourth-order valence-electron chi connectivity index (χ4n) is 3.20. The molecular formula is C24H19N3O2. The molecule has 2 N–H and O–H groups in total. The molecule has 142 valence electrons. The van der Waals surface area contributed by atoms with E-state index >= 15 is 0 Å². The monoisotopic (exact) mass is 381 g/mol. The van der Waals surface area contributed by atoms with Gasteiger partial charge in [0.1, 0.15) is 0 Å². The summed E-state index contributed by atoms with van der Waals surface area (Å²) in [5.41, 5.74) is 3.98. The van der Waals surface area contributed by atoms with Crippen molar-refractivity contribution in [2.45, 2.75) is 0 Å². The smallest absolute Gasteiger partial charge is 0.256 e. The summed E-state index contributed by atoms with van der Waals surface area (Å²) in [5.74, 6) is -0.461. The van der Waals surface area contributed by atoms with Crippen molar-refractivity contribution in [3.8, 4) is 11.3 Å². The molecule has 4 aromatic rings. The Morgan fingerprint density at radius 1 is 0.793 bits per heavy atom. The number of para-hydroxylation sites is 1. The second-order valence-electron chi connectivity index (χ2n) is 6.55. The van der Waals surface area contributed by atoms with E-state index in [1.165, 1.54) is 0 Å². The van der Waals surface area contributed by atoms with Crippen molar-refractivity contribution in [2.75, 3.05) is 12.4 Å². The SMILES string of the molecule is CNC(=O)c1cccc(NC(=O)c2cc(-c3ccccc3)nc3ccccc23)c1. The number of aromatic nitrogens is 1. The summed E-state index contributed by atoms with van der Waals surface area (Å²) in [5, 5.41) is 6.26. The second-order valence-corrected chi connectivity index (χ2v) is 6.55. The Morgan fingerprint density at radius 2 is 1.55 bits per heavy atom. The molecule has 3 aromatic carbocycles. The molecule has 1 aromatic heterocycles. The third-order valence-electron chi connectivity index (χ3n) is 4.64. The van der Waals surface area contributed by atoms with Crippen molar-refractivity contribution in [1.82, 2.24) is 10.3 Å². The number of nitrogens with zero attached hydrogens (tertiary/aromatic N) is 1. The van der Waals surface area contributed by atoms with Crippen LogP contribution in [-0.2, 0) is 0 Å². The zero-order valence-corrected chi connectivity index (χ0v) is 15.8. The number of carbonyl (C=O) groups excluding carboxylic acids is 2. The van der Waals surface area contributed by atoms with Gasteiger partial charge >= 0.3 is 0 Å². The Bertz CT molecular complexity index is 1200. The number of rotatable bonds is 4. The van der Waals surface area contributed by atoms with Gasteiger partial charge in [0, 0.05) is 29.2 Å². The average Bonchev–Trinajstić information content (AvgIpc) is 2.78. The number of hydrogen-bond donors (Lipinski definition) is 2. The summed E-state index contributed by atoms with van der Waals surface area (Å²) < 4.78 is 0. The first-order valence-corrected chi connectivity index (χ1v) is 9.24. The number of nitrogens with one attached hydrogen (secondary N) is 2. The molecule has 0 saturated carbocycles. The molecule has 0 aliphatic heterocycles. The minimum Gasteiger partial charge on any atom is -0.355 e. The zero-order valence-electron chi connectivity index (χ0n) is 15.8. The van der Waals surface area contributed by atoms with E-state index in [9.17, 15) is 9.59 Å². The highest BCUT2D eigenvalue weighted by molar-refractivity contribution is 6.13. The molecule has 4 rings (SSSR count). The Balaban J connectivity index is 1.75. The predicted octanol–water partition coefficient (Wildman–Crippen LogP) is 4.51. The summed E-state index contributed by atoms with van der Waals surface area (Å²) in [6.07, 6.45) is 0. The Morgan fingerprint density at radius 3 is 2.34 bits per heavy atom. The molecule has 0 aliphatic rings. The minimum absolute atomic E-state index is 0.207. The molecule has 0 fully saturated rings. The summed E-state index contributed by atoms with van der Waals surface area (Å²) >= 11 is 0. The molecule has 5 nitrogen and oxygen atoms in total. The van der Waals surface area contributed by atoms with Crippen LogP contribution in [0.1, 0.15) is 20.7 Å². The van der Waals surface area contributed by atoms with Crippen LogP contribution < -0.4 is 10.6 Å². The van der Waals surface area contributed by atoms with Crippen molar-refractivity contribution in [3.05, 3.63) is 96.1 Å². The Kier molecular flexibility index (Phi) is 5.03. The molecule has 0 saturated heterocycles. The van der Waals surface area contributed by atoms with Crippen LogP contribution in [0.5, 0.6) is 0 Å². The quantitative estimate of drug-likeness (QED) is 0.546. The molecular weight excluding hydrogens is 362 g/mol. The number of carbonyl (C=O) groups is 2. The molecule has 0 bridgehead atoms. The fraction of sp³-hybridized carbons (Fsp3) is 0.0417. The molecule has 1 heterocycles. The van der Waals surface area contributed by atoms with Crippen LogP contribution >= 0.6 is 0 Å². The van der Waals surface area contributed by atoms with Crippen LogP contribution in [0.25, 0.3) is 22.2 Å².